The van der Waals surface area contributed by atoms with Gasteiger partial charge in [0, 0.05) is 23.7 Å². The van der Waals surface area contributed by atoms with Gasteiger partial charge in [0.05, 0.1) is 0 Å². The minimum Gasteiger partial charge on any atom is -1.00 e. The van der Waals surface area contributed by atoms with Gasteiger partial charge < -0.3 is 6.41 Å². The molecule has 2 aromatic rings. The average molecular weight is 230 g/mol. The molecule has 14 heavy (non-hydrogen) atoms. The summed E-state index contributed by atoms with van der Waals surface area (Å²) in [5.41, 5.74) is 1.24. The first kappa shape index (κ1) is 12.5. The summed E-state index contributed by atoms with van der Waals surface area (Å²) in [6.45, 7) is 0. The number of hydrogen-bond donors (Lipinski definition) is 2. The third kappa shape index (κ3) is 3.53. The molecular formula is C10H11KN2S. The standard InChI is InChI=1S/C10H10N2S.K.H/c13-9-3-1-8(2-4-9)7-10-11-5-6-12-10;;/h1-6,13H,7H2,(H,11,12);;/q;+1;-1. The Hall–Kier alpha value is 0.416. The van der Waals surface area contributed by atoms with E-state index in [-0.39, 0.29) is 52.8 Å². The second-order valence-electron chi connectivity index (χ2n) is 2.88. The van der Waals surface area contributed by atoms with E-state index in [4.69, 9.17) is 0 Å². The van der Waals surface area contributed by atoms with Gasteiger partial charge in [-0.2, -0.15) is 0 Å². The molecule has 0 saturated heterocycles. The largest absolute Gasteiger partial charge is 1.00 e. The molecule has 1 heterocycles. The number of nitrogens with one attached hydrogen (secondary N) is 1. The van der Waals surface area contributed by atoms with Crippen molar-refractivity contribution in [2.75, 3.05) is 0 Å². The fourth-order valence-electron chi connectivity index (χ4n) is 1.20. The molecule has 0 unspecified atom stereocenters. The molecule has 0 spiro atoms. The van der Waals surface area contributed by atoms with Gasteiger partial charge in [-0.05, 0) is 17.7 Å². The van der Waals surface area contributed by atoms with E-state index in [0.29, 0.717) is 0 Å². The molecule has 0 saturated carbocycles. The van der Waals surface area contributed by atoms with Crippen molar-refractivity contribution in [2.45, 2.75) is 11.3 Å². The number of benzene rings is 1. The van der Waals surface area contributed by atoms with E-state index in [1.807, 2.05) is 18.3 Å². The number of hydrogen-bond acceptors (Lipinski definition) is 2. The van der Waals surface area contributed by atoms with E-state index in [0.717, 1.165) is 17.1 Å². The Balaban J connectivity index is 0.000000980. The van der Waals surface area contributed by atoms with E-state index < -0.39 is 0 Å². The fourth-order valence-corrected chi connectivity index (χ4v) is 1.35. The molecule has 1 aromatic carbocycles. The summed E-state index contributed by atoms with van der Waals surface area (Å²) < 4.78 is 0. The maximum atomic E-state index is 4.22. The molecule has 68 valence electrons. The second-order valence-corrected chi connectivity index (χ2v) is 3.40. The van der Waals surface area contributed by atoms with Gasteiger partial charge in [0.25, 0.3) is 0 Å². The minimum atomic E-state index is 0. The normalized spacial score (nSPS) is 9.50. The van der Waals surface area contributed by atoms with Gasteiger partial charge in [-0.3, -0.25) is 0 Å². The van der Waals surface area contributed by atoms with Crippen LogP contribution >= 0.6 is 12.6 Å². The first-order valence-electron chi connectivity index (χ1n) is 4.11. The van der Waals surface area contributed by atoms with Crippen LogP contribution in [0.3, 0.4) is 0 Å². The van der Waals surface area contributed by atoms with Gasteiger partial charge in [-0.15, -0.1) is 12.6 Å². The van der Waals surface area contributed by atoms with Crippen LogP contribution in [-0.2, 0) is 6.42 Å². The maximum absolute atomic E-state index is 4.22. The van der Waals surface area contributed by atoms with Gasteiger partial charge in [0.15, 0.2) is 0 Å². The quantitative estimate of drug-likeness (QED) is 0.524. The third-order valence-corrected chi connectivity index (χ3v) is 2.16. The molecule has 0 fully saturated rings. The molecule has 0 aliphatic carbocycles. The summed E-state index contributed by atoms with van der Waals surface area (Å²) in [6, 6.07) is 8.10. The number of imidazole rings is 1. The van der Waals surface area contributed by atoms with Crippen molar-refractivity contribution in [2.24, 2.45) is 0 Å². The summed E-state index contributed by atoms with van der Waals surface area (Å²) in [6.07, 6.45) is 4.45. The zero-order valence-electron chi connectivity index (χ0n) is 9.07. The number of nitrogens with zero attached hydrogens (tertiary/aromatic N) is 1. The summed E-state index contributed by atoms with van der Waals surface area (Å²) in [5, 5.41) is 0. The van der Waals surface area contributed by atoms with Crippen LogP contribution in [0.4, 0.5) is 0 Å². The van der Waals surface area contributed by atoms with E-state index in [1.54, 1.807) is 6.20 Å². The average Bonchev–Trinajstić information content (AvgIpc) is 2.62. The molecule has 0 aliphatic rings. The van der Waals surface area contributed by atoms with Crippen LogP contribution in [0, 0.1) is 0 Å². The molecule has 4 heteroatoms. The first-order valence-corrected chi connectivity index (χ1v) is 4.55. The number of aromatic nitrogens is 2. The van der Waals surface area contributed by atoms with Crippen molar-refractivity contribution in [3.05, 3.63) is 48.0 Å². The fraction of sp³-hybridized carbons (Fsp3) is 0.100. The topological polar surface area (TPSA) is 28.7 Å². The van der Waals surface area contributed by atoms with Crippen LogP contribution < -0.4 is 51.4 Å². The van der Waals surface area contributed by atoms with E-state index in [2.05, 4.69) is 34.7 Å². The molecule has 1 N–H and O–H groups in total. The van der Waals surface area contributed by atoms with Gasteiger partial charge in [0.1, 0.15) is 5.82 Å². The zero-order chi connectivity index (χ0) is 9.10. The number of thiol groups is 1. The van der Waals surface area contributed by atoms with Crippen LogP contribution in [0.2, 0.25) is 0 Å². The molecule has 0 atom stereocenters. The smallest absolute Gasteiger partial charge is 1.00 e. The van der Waals surface area contributed by atoms with Gasteiger partial charge in [-0.1, -0.05) is 12.1 Å². The predicted molar refractivity (Wildman–Crippen MR) is 56.2 cm³/mol. The van der Waals surface area contributed by atoms with Crippen molar-refractivity contribution < 1.29 is 52.8 Å². The Morgan fingerprint density at radius 3 is 2.57 bits per heavy atom. The Labute approximate surface area is 133 Å². The van der Waals surface area contributed by atoms with Crippen LogP contribution in [0.1, 0.15) is 12.8 Å². The van der Waals surface area contributed by atoms with Gasteiger partial charge in [-0.25, -0.2) is 4.98 Å². The zero-order valence-corrected chi connectivity index (χ0v) is 12.1. The summed E-state index contributed by atoms with van der Waals surface area (Å²) in [7, 11) is 0. The maximum Gasteiger partial charge on any atom is 1.00 e. The third-order valence-electron chi connectivity index (χ3n) is 1.86. The van der Waals surface area contributed by atoms with E-state index >= 15 is 0 Å². The van der Waals surface area contributed by atoms with E-state index in [9.17, 15) is 0 Å². The van der Waals surface area contributed by atoms with Gasteiger partial charge >= 0.3 is 51.4 Å². The molecule has 0 aliphatic heterocycles. The SMILES string of the molecule is Sc1ccc(Cc2ncc[nH]2)cc1.[H-].[K+]. The van der Waals surface area contributed by atoms with E-state index in [1.165, 1.54) is 5.56 Å². The molecule has 2 rings (SSSR count). The van der Waals surface area contributed by atoms with Crippen LogP contribution in [0.25, 0.3) is 0 Å². The molecular weight excluding hydrogens is 219 g/mol. The molecule has 0 radical (unpaired) electrons. The summed E-state index contributed by atoms with van der Waals surface area (Å²) in [4.78, 5) is 8.22. The number of aromatic amines is 1. The van der Waals surface area contributed by atoms with Crippen LogP contribution in [-0.4, -0.2) is 9.97 Å². The molecule has 2 nitrogen and oxygen atoms in total. The Morgan fingerprint density at radius 2 is 2.00 bits per heavy atom. The molecule has 1 aromatic heterocycles. The van der Waals surface area contributed by atoms with Gasteiger partial charge in [0.2, 0.25) is 0 Å². The Bertz CT molecular complexity index is 375. The molecule has 0 bridgehead atoms. The van der Waals surface area contributed by atoms with Crippen molar-refractivity contribution >= 4 is 12.6 Å². The molecule has 0 amide bonds. The summed E-state index contributed by atoms with van der Waals surface area (Å²) in [5.74, 6) is 0.993. The summed E-state index contributed by atoms with van der Waals surface area (Å²) >= 11 is 4.22. The van der Waals surface area contributed by atoms with Crippen molar-refractivity contribution in [3.63, 3.8) is 0 Å². The second kappa shape index (κ2) is 6.10. The monoisotopic (exact) mass is 230 g/mol. The Morgan fingerprint density at radius 1 is 1.29 bits per heavy atom. The van der Waals surface area contributed by atoms with Crippen molar-refractivity contribution in [1.82, 2.24) is 9.97 Å². The first-order chi connectivity index (χ1) is 6.34. The van der Waals surface area contributed by atoms with Crippen molar-refractivity contribution in [3.8, 4) is 0 Å². The number of rotatable bonds is 2. The van der Waals surface area contributed by atoms with Crippen LogP contribution in [0.5, 0.6) is 0 Å². The minimum absolute atomic E-state index is 0. The van der Waals surface area contributed by atoms with Crippen molar-refractivity contribution in [1.29, 1.82) is 0 Å². The van der Waals surface area contributed by atoms with Crippen LogP contribution in [0.15, 0.2) is 41.6 Å². The number of H-pyrrole nitrogens is 1. The predicted octanol–water partition coefficient (Wildman–Crippen LogP) is -0.594. The Kier molecular flexibility index (Phi) is 5.44.